The zero-order valence-electron chi connectivity index (χ0n) is 6.87. The summed E-state index contributed by atoms with van der Waals surface area (Å²) < 4.78 is 4.78. The van der Waals surface area contributed by atoms with Crippen molar-refractivity contribution in [2.45, 2.75) is 0 Å². The van der Waals surface area contributed by atoms with Gasteiger partial charge < -0.3 is 15.6 Å². The molecule has 0 saturated carbocycles. The number of esters is 1. The highest BCUT2D eigenvalue weighted by atomic mass is 79.9. The summed E-state index contributed by atoms with van der Waals surface area (Å²) in [5.74, 6) is -0.630. The van der Waals surface area contributed by atoms with Gasteiger partial charge in [-0.05, 0) is 22.0 Å². The van der Waals surface area contributed by atoms with E-state index < -0.39 is 5.97 Å². The second kappa shape index (κ2) is 3.66. The fraction of sp³-hybridized carbons (Fsp3) is 0.125. The quantitative estimate of drug-likeness (QED) is 0.582. The second-order valence-electron chi connectivity index (χ2n) is 2.39. The van der Waals surface area contributed by atoms with Crippen LogP contribution in [0.2, 0.25) is 0 Å². The number of carbonyl (C=O) groups excluding carboxylic acids is 1. The largest absolute Gasteiger partial charge is 0.507 e. The molecule has 3 N–H and O–H groups in total. The number of halogens is 1. The number of methoxy groups -OCH3 is 1. The fourth-order valence-corrected chi connectivity index (χ4v) is 1.28. The maximum absolute atomic E-state index is 11.1. The molecular weight excluding hydrogens is 238 g/mol. The molecule has 70 valence electrons. The number of aromatic hydroxyl groups is 1. The van der Waals surface area contributed by atoms with Crippen molar-refractivity contribution in [3.05, 3.63) is 22.2 Å². The predicted octanol–water partition coefficient (Wildman–Crippen LogP) is 1.52. The Morgan fingerprint density at radius 3 is 2.77 bits per heavy atom. The number of hydrogen-bond acceptors (Lipinski definition) is 4. The molecule has 0 unspecified atom stereocenters. The van der Waals surface area contributed by atoms with Gasteiger partial charge in [0.05, 0.1) is 17.1 Å². The Labute approximate surface area is 83.4 Å². The van der Waals surface area contributed by atoms with E-state index in [1.165, 1.54) is 19.2 Å². The van der Waals surface area contributed by atoms with Crippen molar-refractivity contribution in [3.63, 3.8) is 0 Å². The molecule has 5 heteroatoms. The summed E-state index contributed by atoms with van der Waals surface area (Å²) in [4.78, 5) is 11.1. The summed E-state index contributed by atoms with van der Waals surface area (Å²) in [6.07, 6.45) is 0. The summed E-state index contributed by atoms with van der Waals surface area (Å²) in [6.45, 7) is 0. The highest BCUT2D eigenvalue weighted by Gasteiger charge is 2.14. The van der Waals surface area contributed by atoms with E-state index in [-0.39, 0.29) is 15.8 Å². The van der Waals surface area contributed by atoms with Gasteiger partial charge in [0, 0.05) is 11.8 Å². The Bertz CT molecular complexity index is 351. The summed E-state index contributed by atoms with van der Waals surface area (Å²) >= 11 is 3.05. The molecule has 1 rings (SSSR count). The second-order valence-corrected chi connectivity index (χ2v) is 3.19. The van der Waals surface area contributed by atoms with Crippen LogP contribution < -0.4 is 5.73 Å². The number of carbonyl (C=O) groups is 1. The lowest BCUT2D eigenvalue weighted by molar-refractivity contribution is 0.0599. The zero-order valence-corrected chi connectivity index (χ0v) is 8.46. The van der Waals surface area contributed by atoms with Crippen molar-refractivity contribution < 1.29 is 14.6 Å². The summed E-state index contributed by atoms with van der Waals surface area (Å²) in [7, 11) is 1.26. The molecule has 0 atom stereocenters. The van der Waals surface area contributed by atoms with Gasteiger partial charge in [0.1, 0.15) is 5.75 Å². The molecule has 0 fully saturated rings. The molecule has 0 aliphatic carbocycles. The zero-order chi connectivity index (χ0) is 10.0. The van der Waals surface area contributed by atoms with Gasteiger partial charge in [-0.15, -0.1) is 0 Å². The number of anilines is 1. The SMILES string of the molecule is COC(=O)c1cc(N)cc(O)c1Br. The fourth-order valence-electron chi connectivity index (χ4n) is 0.889. The van der Waals surface area contributed by atoms with Crippen molar-refractivity contribution in [2.75, 3.05) is 12.8 Å². The molecular formula is C8H8BrNO3. The Morgan fingerprint density at radius 2 is 2.23 bits per heavy atom. The molecule has 0 heterocycles. The molecule has 0 saturated heterocycles. The third-order valence-corrected chi connectivity index (χ3v) is 2.31. The van der Waals surface area contributed by atoms with Gasteiger partial charge in [-0.3, -0.25) is 0 Å². The van der Waals surface area contributed by atoms with Crippen LogP contribution in [0, 0.1) is 0 Å². The van der Waals surface area contributed by atoms with Crippen LogP contribution in [0.1, 0.15) is 10.4 Å². The summed E-state index contributed by atoms with van der Waals surface area (Å²) in [6, 6.07) is 2.77. The van der Waals surface area contributed by atoms with Gasteiger partial charge in [-0.2, -0.15) is 0 Å². The van der Waals surface area contributed by atoms with E-state index in [0.29, 0.717) is 5.69 Å². The third kappa shape index (κ3) is 1.92. The number of ether oxygens (including phenoxy) is 1. The maximum atomic E-state index is 11.1. The van der Waals surface area contributed by atoms with Crippen LogP contribution in [0.15, 0.2) is 16.6 Å². The third-order valence-electron chi connectivity index (χ3n) is 1.48. The molecule has 0 aliphatic heterocycles. The van der Waals surface area contributed by atoms with Crippen molar-refractivity contribution in [3.8, 4) is 5.75 Å². The maximum Gasteiger partial charge on any atom is 0.339 e. The molecule has 0 radical (unpaired) electrons. The molecule has 1 aromatic rings. The minimum Gasteiger partial charge on any atom is -0.507 e. The Balaban J connectivity index is 3.28. The molecule has 1 aromatic carbocycles. The van der Waals surface area contributed by atoms with Crippen molar-refractivity contribution in [1.82, 2.24) is 0 Å². The Kier molecular flexibility index (Phi) is 2.77. The highest BCUT2D eigenvalue weighted by Crippen LogP contribution is 2.30. The first-order chi connectivity index (χ1) is 6.06. The first kappa shape index (κ1) is 9.85. The van der Waals surface area contributed by atoms with Crippen molar-refractivity contribution in [2.24, 2.45) is 0 Å². The molecule has 0 spiro atoms. The van der Waals surface area contributed by atoms with E-state index in [9.17, 15) is 9.90 Å². The van der Waals surface area contributed by atoms with Crippen LogP contribution in [0.5, 0.6) is 5.75 Å². The number of nitrogens with two attached hydrogens (primary N) is 1. The van der Waals surface area contributed by atoms with Gasteiger partial charge in [-0.25, -0.2) is 4.79 Å². The molecule has 0 bridgehead atoms. The minimum absolute atomic E-state index is 0.0830. The molecule has 4 nitrogen and oxygen atoms in total. The number of rotatable bonds is 1. The van der Waals surface area contributed by atoms with Crippen LogP contribution in [0.25, 0.3) is 0 Å². The average molecular weight is 246 g/mol. The molecule has 0 aliphatic rings. The lowest BCUT2D eigenvalue weighted by Gasteiger charge is -2.05. The van der Waals surface area contributed by atoms with E-state index in [1.807, 2.05) is 0 Å². The van der Waals surface area contributed by atoms with Crippen molar-refractivity contribution in [1.29, 1.82) is 0 Å². The van der Waals surface area contributed by atoms with E-state index in [2.05, 4.69) is 20.7 Å². The van der Waals surface area contributed by atoms with Crippen LogP contribution in [-0.4, -0.2) is 18.2 Å². The lowest BCUT2D eigenvalue weighted by atomic mass is 10.2. The number of phenols is 1. The van der Waals surface area contributed by atoms with Crippen molar-refractivity contribution >= 4 is 27.6 Å². The number of phenolic OH excluding ortho intramolecular Hbond substituents is 1. The van der Waals surface area contributed by atoms with E-state index >= 15 is 0 Å². The van der Waals surface area contributed by atoms with Crippen LogP contribution in [0.3, 0.4) is 0 Å². The van der Waals surface area contributed by atoms with Gasteiger partial charge in [0.15, 0.2) is 0 Å². The van der Waals surface area contributed by atoms with Crippen LogP contribution in [-0.2, 0) is 4.74 Å². The van der Waals surface area contributed by atoms with Gasteiger partial charge >= 0.3 is 5.97 Å². The molecule has 13 heavy (non-hydrogen) atoms. The normalized spacial score (nSPS) is 9.69. The minimum atomic E-state index is -0.547. The van der Waals surface area contributed by atoms with E-state index in [1.54, 1.807) is 0 Å². The van der Waals surface area contributed by atoms with Crippen LogP contribution in [0.4, 0.5) is 5.69 Å². The van der Waals surface area contributed by atoms with Gasteiger partial charge in [-0.1, -0.05) is 0 Å². The monoisotopic (exact) mass is 245 g/mol. The summed E-state index contributed by atoms with van der Waals surface area (Å²) in [5.41, 5.74) is 5.95. The molecule has 0 aromatic heterocycles. The van der Waals surface area contributed by atoms with Gasteiger partial charge in [0.25, 0.3) is 0 Å². The summed E-state index contributed by atoms with van der Waals surface area (Å²) in [5, 5.41) is 9.29. The highest BCUT2D eigenvalue weighted by molar-refractivity contribution is 9.10. The van der Waals surface area contributed by atoms with Crippen LogP contribution >= 0.6 is 15.9 Å². The first-order valence-electron chi connectivity index (χ1n) is 3.42. The van der Waals surface area contributed by atoms with E-state index in [0.717, 1.165) is 0 Å². The number of benzene rings is 1. The predicted molar refractivity (Wildman–Crippen MR) is 51.6 cm³/mol. The Morgan fingerprint density at radius 1 is 1.62 bits per heavy atom. The Hall–Kier alpha value is -1.23. The first-order valence-corrected chi connectivity index (χ1v) is 4.22. The number of nitrogen functional groups attached to an aromatic ring is 1. The average Bonchev–Trinajstić information content (AvgIpc) is 2.10. The van der Waals surface area contributed by atoms with Gasteiger partial charge in [0.2, 0.25) is 0 Å². The standard InChI is InChI=1S/C8H8BrNO3/c1-13-8(12)5-2-4(10)3-6(11)7(5)9/h2-3,11H,10H2,1H3. The lowest BCUT2D eigenvalue weighted by Crippen LogP contribution is -2.03. The topological polar surface area (TPSA) is 72.5 Å². The van der Waals surface area contributed by atoms with E-state index in [4.69, 9.17) is 5.73 Å². The molecule has 0 amide bonds. The number of hydrogen-bond donors (Lipinski definition) is 2. The smallest absolute Gasteiger partial charge is 0.339 e.